The number of allylic oxidation sites excluding steroid dienone is 1. The van der Waals surface area contributed by atoms with E-state index < -0.39 is 46.2 Å². The summed E-state index contributed by atoms with van der Waals surface area (Å²) < 4.78 is 21.5. The first-order chi connectivity index (χ1) is 42.1. The number of oxime groups is 1. The topological polar surface area (TPSA) is 192 Å². The van der Waals surface area contributed by atoms with Crippen molar-refractivity contribution in [3.63, 3.8) is 0 Å². The van der Waals surface area contributed by atoms with E-state index in [-0.39, 0.29) is 36.1 Å². The average molecular weight is 1200 g/mol. The number of methoxy groups -OCH3 is 3. The molecule has 19 heteroatoms. The number of hydrogen-bond donors (Lipinski definition) is 3. The Kier molecular flexibility index (Phi) is 17.8. The molecule has 9 aromatic rings. The number of esters is 2. The second-order valence-electron chi connectivity index (χ2n) is 19.7. The zero-order valence-electron chi connectivity index (χ0n) is 46.8. The Morgan fingerprint density at radius 2 is 1.14 bits per heavy atom. The highest BCUT2D eigenvalue weighted by atomic mass is 32.2. The predicted octanol–water partition coefficient (Wildman–Crippen LogP) is 11.5. The lowest BCUT2D eigenvalue weighted by molar-refractivity contribution is -0.153. The lowest BCUT2D eigenvalue weighted by atomic mass is 9.77. The number of aromatic nitrogens is 2. The van der Waals surface area contributed by atoms with Crippen LogP contribution in [0.2, 0.25) is 0 Å². The van der Waals surface area contributed by atoms with Crippen LogP contribution >= 0.6 is 34.4 Å². The molecule has 16 nitrogen and oxygen atoms in total. The average Bonchev–Trinajstić information content (AvgIpc) is 0.933. The van der Waals surface area contributed by atoms with Crippen molar-refractivity contribution in [2.45, 2.75) is 35.7 Å². The number of ether oxygens (including phenoxy) is 4. The summed E-state index contributed by atoms with van der Waals surface area (Å²) >= 11 is 3.96. The molecule has 0 bridgehead atoms. The highest BCUT2D eigenvalue weighted by Crippen LogP contribution is 2.44. The molecule has 432 valence electrons. The van der Waals surface area contributed by atoms with E-state index >= 15 is 4.79 Å². The molecule has 2 atom stereocenters. The minimum absolute atomic E-state index is 0.0891. The number of nitrogens with one attached hydrogen (secondary N) is 3. The largest absolute Gasteiger partial charge is 0.497 e. The van der Waals surface area contributed by atoms with Crippen LogP contribution in [0.15, 0.2) is 240 Å². The second kappa shape index (κ2) is 26.4. The molecule has 7 aromatic carbocycles. The van der Waals surface area contributed by atoms with Crippen molar-refractivity contribution < 1.29 is 43.0 Å². The number of thioether (sulfide) groups is 1. The molecule has 1 saturated heterocycles. The van der Waals surface area contributed by atoms with Crippen LogP contribution in [-0.2, 0) is 57.8 Å². The Hall–Kier alpha value is -9.82. The van der Waals surface area contributed by atoms with Gasteiger partial charge in [-0.05, 0) is 57.2 Å². The lowest BCUT2D eigenvalue weighted by Crippen LogP contribution is -2.71. The van der Waals surface area contributed by atoms with Crippen LogP contribution in [0.25, 0.3) is 0 Å². The normalized spacial score (nSPS) is 15.0. The Balaban J connectivity index is 0.909. The highest BCUT2D eigenvalue weighted by molar-refractivity contribution is 8.00. The fraction of sp³-hybridized carbons (Fsp3) is 0.149. The smallest absolute Gasteiger partial charge is 0.355 e. The number of thiazole rings is 2. The van der Waals surface area contributed by atoms with Crippen LogP contribution in [-0.4, -0.2) is 82.8 Å². The monoisotopic (exact) mass is 1200 g/mol. The molecule has 2 aromatic heterocycles. The Bertz CT molecular complexity index is 3750. The van der Waals surface area contributed by atoms with E-state index in [2.05, 4.69) is 93.9 Å². The molecule has 0 spiro atoms. The molecular weight excluding hydrogens is 1140 g/mol. The Morgan fingerprint density at radius 3 is 1.63 bits per heavy atom. The van der Waals surface area contributed by atoms with Gasteiger partial charge in [0.25, 0.3) is 11.8 Å². The van der Waals surface area contributed by atoms with E-state index in [0.717, 1.165) is 33.4 Å². The summed E-state index contributed by atoms with van der Waals surface area (Å²) in [5.41, 5.74) is 5.29. The second-order valence-corrected chi connectivity index (χ2v) is 22.5. The van der Waals surface area contributed by atoms with E-state index in [1.165, 1.54) is 72.8 Å². The molecule has 2 aliphatic rings. The summed E-state index contributed by atoms with van der Waals surface area (Å²) in [7, 11) is 4.25. The maximum atomic E-state index is 15.0. The van der Waals surface area contributed by atoms with Gasteiger partial charge in [-0.25, -0.2) is 19.6 Å². The van der Waals surface area contributed by atoms with Crippen molar-refractivity contribution in [3.8, 4) is 11.5 Å². The molecule has 11 rings (SSSR count). The zero-order chi connectivity index (χ0) is 59.5. The van der Waals surface area contributed by atoms with Crippen LogP contribution in [0.1, 0.15) is 50.3 Å². The number of nitrogens with zero attached hydrogens (tertiary/aromatic N) is 4. The zero-order valence-corrected chi connectivity index (χ0v) is 49.3. The summed E-state index contributed by atoms with van der Waals surface area (Å²) in [6.45, 7) is -0.362. The van der Waals surface area contributed by atoms with Gasteiger partial charge >= 0.3 is 11.9 Å². The van der Waals surface area contributed by atoms with E-state index in [4.69, 9.17) is 33.8 Å². The minimum Gasteiger partial charge on any atom is -0.497 e. The van der Waals surface area contributed by atoms with Gasteiger partial charge in [-0.2, -0.15) is 0 Å². The fourth-order valence-electron chi connectivity index (χ4n) is 10.5. The summed E-state index contributed by atoms with van der Waals surface area (Å²) in [6, 6.07) is 64.7. The first kappa shape index (κ1) is 58.0. The molecule has 0 aliphatic carbocycles. The van der Waals surface area contributed by atoms with Crippen molar-refractivity contribution in [2.24, 2.45) is 5.16 Å². The molecule has 0 radical (unpaired) electrons. The Labute approximate surface area is 509 Å². The number of benzene rings is 7. The van der Waals surface area contributed by atoms with Crippen LogP contribution in [0.5, 0.6) is 11.5 Å². The third-order valence-corrected chi connectivity index (χ3v) is 17.5. The van der Waals surface area contributed by atoms with Crippen molar-refractivity contribution in [2.75, 3.05) is 37.7 Å². The van der Waals surface area contributed by atoms with Gasteiger partial charge in [0, 0.05) is 34.2 Å². The van der Waals surface area contributed by atoms with Gasteiger partial charge in [0.15, 0.2) is 22.6 Å². The number of amides is 2. The maximum absolute atomic E-state index is 15.0. The molecule has 1 fully saturated rings. The number of rotatable bonds is 23. The lowest BCUT2D eigenvalue weighted by Gasteiger charge is -2.49. The van der Waals surface area contributed by atoms with Crippen molar-refractivity contribution in [1.29, 1.82) is 0 Å². The number of anilines is 2. The maximum Gasteiger partial charge on any atom is 0.355 e. The van der Waals surface area contributed by atoms with Gasteiger partial charge in [-0.1, -0.05) is 187 Å². The molecule has 3 N–H and O–H groups in total. The van der Waals surface area contributed by atoms with Crippen molar-refractivity contribution in [1.82, 2.24) is 20.2 Å². The third kappa shape index (κ3) is 12.0. The number of carbonyl (C=O) groups is 4. The van der Waals surface area contributed by atoms with Gasteiger partial charge in [0.2, 0.25) is 0 Å². The van der Waals surface area contributed by atoms with E-state index in [9.17, 15) is 14.4 Å². The summed E-state index contributed by atoms with van der Waals surface area (Å²) in [4.78, 5) is 73.5. The molecule has 2 aliphatic heterocycles. The van der Waals surface area contributed by atoms with Crippen molar-refractivity contribution >= 4 is 74.2 Å². The molecule has 4 heterocycles. The first-order valence-electron chi connectivity index (χ1n) is 27.3. The SMILES string of the molecule is COC(=O)/C=C\C1=C(C(=O)OCc2ccc(OC)cc2OC)N2C(=O)[C@@H](NC(=O)/C(=N\OCc3csc(NC(c4ccccc4)(c4ccccc4)c4ccccc4)n3)c3csc(NC(c4ccccc4)(c4ccccc4)c4ccccc4)n3)[C@H]2SC1. The number of hydrogen-bond acceptors (Lipinski definition) is 17. The van der Waals surface area contributed by atoms with E-state index in [0.29, 0.717) is 38.6 Å². The van der Waals surface area contributed by atoms with Gasteiger partial charge in [0.05, 0.1) is 27.0 Å². The molecule has 0 saturated carbocycles. The quantitative estimate of drug-likeness (QED) is 0.0137. The number of carbonyl (C=O) groups excluding carboxylic acids is 4. The van der Waals surface area contributed by atoms with Crippen molar-refractivity contribution in [3.05, 3.63) is 285 Å². The third-order valence-electron chi connectivity index (χ3n) is 14.7. The highest BCUT2D eigenvalue weighted by Gasteiger charge is 2.55. The predicted molar refractivity (Wildman–Crippen MR) is 334 cm³/mol. The molecule has 0 unspecified atom stereocenters. The van der Waals surface area contributed by atoms with Gasteiger partial charge < -0.3 is 39.7 Å². The first-order valence-corrected chi connectivity index (χ1v) is 30.1. The number of β-lactam (4-membered cyclic amide) rings is 1. The van der Waals surface area contributed by atoms with E-state index in [1.807, 2.05) is 115 Å². The Morgan fingerprint density at radius 1 is 0.640 bits per heavy atom. The molecular formula is C67H57N7O9S3. The van der Waals surface area contributed by atoms with Crippen LogP contribution in [0.3, 0.4) is 0 Å². The summed E-state index contributed by atoms with van der Waals surface area (Å²) in [5.74, 6) is -1.75. The molecule has 2 amide bonds. The van der Waals surface area contributed by atoms with E-state index in [1.54, 1.807) is 23.6 Å². The molecule has 86 heavy (non-hydrogen) atoms. The summed E-state index contributed by atoms with van der Waals surface area (Å²) in [6.07, 6.45) is 2.59. The number of fused-ring (bicyclic) bond motifs is 1. The van der Waals surface area contributed by atoms with Crippen LogP contribution in [0.4, 0.5) is 10.3 Å². The van der Waals surface area contributed by atoms with Gasteiger partial charge in [-0.15, -0.1) is 34.4 Å². The standard InChI is InChI=1S/C67H57N7O9S3/c1-79-53-36-34-44(55(38-53)80-2)39-82-63(78)59-45(35-37-56(75)81-3)41-84-62-58(61(77)74(59)62)70-60(76)57(54-43-86-65(69-54)72-67(49-28-16-7-17-29-49,50-30-18-8-19-31-50)51-32-20-9-21-33-51)73-83-40-52-42-85-64(68-52)71-66(46-22-10-4-11-23-46,47-24-12-5-13-25-47)48-26-14-6-15-27-48/h4-38,42-43,58,62H,39-41H2,1-3H3,(H,68,71)(H,69,72)(H,70,76)/b37-35-,73-57-/t58-,62-/m1/s1. The van der Waals surface area contributed by atoms with Gasteiger partial charge in [-0.3, -0.25) is 14.5 Å². The summed E-state index contributed by atoms with van der Waals surface area (Å²) in [5, 5.41) is 18.9. The van der Waals surface area contributed by atoms with Crippen LogP contribution in [0, 0.1) is 0 Å². The minimum atomic E-state index is -1.14. The fourth-order valence-corrected chi connectivity index (χ4v) is 13.3. The van der Waals surface area contributed by atoms with Gasteiger partial charge in [0.1, 0.15) is 52.0 Å². The van der Waals surface area contributed by atoms with Crippen LogP contribution < -0.4 is 25.4 Å².